The van der Waals surface area contributed by atoms with E-state index in [1.165, 1.54) is 6.26 Å². The first kappa shape index (κ1) is 21.0. The number of rotatable bonds is 5. The molecule has 0 saturated heterocycles. The molecule has 0 aliphatic rings. The summed E-state index contributed by atoms with van der Waals surface area (Å²) in [4.78, 5) is 24.5. The third-order valence-electron chi connectivity index (χ3n) is 4.62. The second-order valence-electron chi connectivity index (χ2n) is 7.98. The largest absolute Gasteiger partial charge is 0.459 e. The van der Waals surface area contributed by atoms with E-state index in [0.29, 0.717) is 17.0 Å². The van der Waals surface area contributed by atoms with E-state index < -0.39 is 0 Å². The van der Waals surface area contributed by atoms with E-state index in [1.54, 1.807) is 49.4 Å². The van der Waals surface area contributed by atoms with Gasteiger partial charge in [0.1, 0.15) is 0 Å². The molecule has 1 aromatic heterocycles. The monoisotopic (exact) mass is 403 g/mol. The van der Waals surface area contributed by atoms with E-state index in [1.807, 2.05) is 18.2 Å². The van der Waals surface area contributed by atoms with E-state index in [4.69, 9.17) is 4.42 Å². The number of anilines is 1. The average molecular weight is 403 g/mol. The van der Waals surface area contributed by atoms with Gasteiger partial charge in [0.05, 0.1) is 12.0 Å². The molecule has 6 nitrogen and oxygen atoms in total. The number of amides is 2. The maximum Gasteiger partial charge on any atom is 0.291 e. The molecule has 1 heterocycles. The van der Waals surface area contributed by atoms with Gasteiger partial charge in [0.25, 0.3) is 11.8 Å². The van der Waals surface area contributed by atoms with Crippen molar-refractivity contribution in [3.05, 3.63) is 89.4 Å². The Kier molecular flexibility index (Phi) is 6.16. The topological polar surface area (TPSA) is 83.7 Å². The molecule has 3 rings (SSSR count). The Morgan fingerprint density at radius 3 is 2.27 bits per heavy atom. The van der Waals surface area contributed by atoms with Gasteiger partial charge < -0.3 is 9.73 Å². The van der Waals surface area contributed by atoms with Crippen molar-refractivity contribution in [2.24, 2.45) is 5.10 Å². The third-order valence-corrected chi connectivity index (χ3v) is 4.62. The standard InChI is InChI=1S/C24H25N3O3/c1-16(26-27-22(28)17-10-12-19(13-11-17)24(2,3)4)18-7-5-8-20(15-18)25-23(29)21-9-6-14-30-21/h5-15H,1-4H3,(H,25,29)(H,27,28)/b26-16+. The van der Waals surface area contributed by atoms with Crippen LogP contribution in [0.3, 0.4) is 0 Å². The van der Waals surface area contributed by atoms with Gasteiger partial charge in [-0.2, -0.15) is 5.10 Å². The molecule has 2 N–H and O–H groups in total. The first-order valence-corrected chi connectivity index (χ1v) is 9.64. The summed E-state index contributed by atoms with van der Waals surface area (Å²) in [5.41, 5.74) is 6.31. The summed E-state index contributed by atoms with van der Waals surface area (Å²) in [7, 11) is 0. The first-order chi connectivity index (χ1) is 14.2. The van der Waals surface area contributed by atoms with Crippen LogP contribution in [0.1, 0.15) is 59.7 Å². The second-order valence-corrected chi connectivity index (χ2v) is 7.98. The lowest BCUT2D eigenvalue weighted by molar-refractivity contribution is 0.0953. The molecular formula is C24H25N3O3. The van der Waals surface area contributed by atoms with E-state index in [2.05, 4.69) is 36.6 Å². The summed E-state index contributed by atoms with van der Waals surface area (Å²) in [6.45, 7) is 8.17. The number of hydrogen-bond acceptors (Lipinski definition) is 4. The molecule has 0 spiro atoms. The molecule has 2 amide bonds. The van der Waals surface area contributed by atoms with Crippen LogP contribution in [-0.4, -0.2) is 17.5 Å². The third kappa shape index (κ3) is 5.23. The first-order valence-electron chi connectivity index (χ1n) is 9.64. The molecule has 0 atom stereocenters. The Morgan fingerprint density at radius 2 is 1.63 bits per heavy atom. The predicted octanol–water partition coefficient (Wildman–Crippen LogP) is 4.98. The lowest BCUT2D eigenvalue weighted by Crippen LogP contribution is -2.20. The molecule has 0 unspecified atom stereocenters. The fourth-order valence-electron chi connectivity index (χ4n) is 2.81. The number of carbonyl (C=O) groups excluding carboxylic acids is 2. The highest BCUT2D eigenvalue weighted by molar-refractivity contribution is 6.04. The van der Waals surface area contributed by atoms with Crippen molar-refractivity contribution in [2.45, 2.75) is 33.1 Å². The lowest BCUT2D eigenvalue weighted by Gasteiger charge is -2.18. The van der Waals surface area contributed by atoms with Gasteiger partial charge in [0.2, 0.25) is 0 Å². The van der Waals surface area contributed by atoms with Gasteiger partial charge in [-0.3, -0.25) is 9.59 Å². The highest BCUT2D eigenvalue weighted by Crippen LogP contribution is 2.22. The van der Waals surface area contributed by atoms with Crippen molar-refractivity contribution in [3.8, 4) is 0 Å². The molecule has 0 bridgehead atoms. The smallest absolute Gasteiger partial charge is 0.291 e. The second kappa shape index (κ2) is 8.78. The maximum absolute atomic E-state index is 12.4. The average Bonchev–Trinajstić information content (AvgIpc) is 3.26. The molecular weight excluding hydrogens is 378 g/mol. The summed E-state index contributed by atoms with van der Waals surface area (Å²) in [6, 6.07) is 18.0. The number of benzene rings is 2. The van der Waals surface area contributed by atoms with Crippen LogP contribution in [0.25, 0.3) is 0 Å². The molecule has 0 fully saturated rings. The fourth-order valence-corrected chi connectivity index (χ4v) is 2.81. The quantitative estimate of drug-likeness (QED) is 0.465. The number of nitrogens with zero attached hydrogens (tertiary/aromatic N) is 1. The minimum Gasteiger partial charge on any atom is -0.459 e. The van der Waals surface area contributed by atoms with Gasteiger partial charge in [-0.25, -0.2) is 5.43 Å². The van der Waals surface area contributed by atoms with Crippen molar-refractivity contribution in [1.82, 2.24) is 5.43 Å². The zero-order chi connectivity index (χ0) is 21.7. The highest BCUT2D eigenvalue weighted by atomic mass is 16.3. The highest BCUT2D eigenvalue weighted by Gasteiger charge is 2.14. The minimum absolute atomic E-state index is 0.0289. The zero-order valence-electron chi connectivity index (χ0n) is 17.5. The lowest BCUT2D eigenvalue weighted by atomic mass is 9.87. The van der Waals surface area contributed by atoms with E-state index in [0.717, 1.165) is 11.1 Å². The molecule has 0 aliphatic heterocycles. The normalized spacial score (nSPS) is 11.8. The Labute approximate surface area is 176 Å². The Balaban J connectivity index is 1.66. The molecule has 154 valence electrons. The molecule has 30 heavy (non-hydrogen) atoms. The molecule has 0 radical (unpaired) electrons. The summed E-state index contributed by atoms with van der Waals surface area (Å²) >= 11 is 0. The van der Waals surface area contributed by atoms with E-state index in [9.17, 15) is 9.59 Å². The summed E-state index contributed by atoms with van der Waals surface area (Å²) in [5.74, 6) is -0.383. The number of hydrazone groups is 1. The van der Waals surface area contributed by atoms with Crippen LogP contribution in [0.15, 0.2) is 76.4 Å². The van der Waals surface area contributed by atoms with Crippen LogP contribution in [-0.2, 0) is 5.41 Å². The summed E-state index contributed by atoms with van der Waals surface area (Å²) in [5, 5.41) is 6.97. The number of furan rings is 1. The van der Waals surface area contributed by atoms with Gasteiger partial charge >= 0.3 is 0 Å². The van der Waals surface area contributed by atoms with Crippen molar-refractivity contribution in [2.75, 3.05) is 5.32 Å². The van der Waals surface area contributed by atoms with Gasteiger partial charge in [-0.05, 0) is 59.9 Å². The van der Waals surface area contributed by atoms with E-state index in [-0.39, 0.29) is 23.0 Å². The van der Waals surface area contributed by atoms with Gasteiger partial charge in [0, 0.05) is 11.3 Å². The van der Waals surface area contributed by atoms with Crippen molar-refractivity contribution in [1.29, 1.82) is 0 Å². The van der Waals surface area contributed by atoms with Crippen molar-refractivity contribution < 1.29 is 14.0 Å². The molecule has 6 heteroatoms. The van der Waals surface area contributed by atoms with Crippen LogP contribution in [0, 0.1) is 0 Å². The molecule has 0 saturated carbocycles. The molecule has 3 aromatic rings. The zero-order valence-corrected chi connectivity index (χ0v) is 17.5. The van der Waals surface area contributed by atoms with Gasteiger partial charge in [-0.15, -0.1) is 0 Å². The van der Waals surface area contributed by atoms with Crippen LogP contribution in [0.2, 0.25) is 0 Å². The fraction of sp³-hybridized carbons (Fsp3) is 0.208. The summed E-state index contributed by atoms with van der Waals surface area (Å²) in [6.07, 6.45) is 1.45. The number of hydrogen-bond donors (Lipinski definition) is 2. The maximum atomic E-state index is 12.4. The Bertz CT molecular complexity index is 1060. The van der Waals surface area contributed by atoms with Gasteiger partial charge in [-0.1, -0.05) is 45.0 Å². The van der Waals surface area contributed by atoms with Crippen LogP contribution >= 0.6 is 0 Å². The predicted molar refractivity (Wildman–Crippen MR) is 118 cm³/mol. The van der Waals surface area contributed by atoms with Crippen LogP contribution < -0.4 is 10.7 Å². The molecule has 0 aliphatic carbocycles. The van der Waals surface area contributed by atoms with E-state index >= 15 is 0 Å². The minimum atomic E-state index is -0.334. The van der Waals surface area contributed by atoms with Crippen LogP contribution in [0.5, 0.6) is 0 Å². The number of nitrogens with one attached hydrogen (secondary N) is 2. The SMILES string of the molecule is C/C(=N\NC(=O)c1ccc(C(C)(C)C)cc1)c1cccc(NC(=O)c2ccco2)c1. The van der Waals surface area contributed by atoms with Crippen molar-refractivity contribution >= 4 is 23.2 Å². The number of carbonyl (C=O) groups is 2. The van der Waals surface area contributed by atoms with Crippen LogP contribution in [0.4, 0.5) is 5.69 Å². The van der Waals surface area contributed by atoms with Gasteiger partial charge in [0.15, 0.2) is 5.76 Å². The Hall–Kier alpha value is -3.67. The summed E-state index contributed by atoms with van der Waals surface area (Å²) < 4.78 is 5.09. The van der Waals surface area contributed by atoms with Crippen molar-refractivity contribution in [3.63, 3.8) is 0 Å². The Morgan fingerprint density at radius 1 is 0.900 bits per heavy atom. The molecule has 2 aromatic carbocycles.